The van der Waals surface area contributed by atoms with Crippen LogP contribution in [-0.2, 0) is 14.8 Å². The molecular weight excluding hydrogens is 302 g/mol. The van der Waals surface area contributed by atoms with Gasteiger partial charge in [0.1, 0.15) is 9.99 Å². The van der Waals surface area contributed by atoms with Gasteiger partial charge in [-0.05, 0) is 35.0 Å². The Morgan fingerprint density at radius 2 is 2.20 bits per heavy atom. The molecule has 0 unspecified atom stereocenters. The fourth-order valence-corrected chi connectivity index (χ4v) is 3.96. The predicted molar refractivity (Wildman–Crippen MR) is 62.5 cm³/mol. The first-order chi connectivity index (χ1) is 6.92. The van der Waals surface area contributed by atoms with Crippen molar-refractivity contribution in [3.8, 4) is 0 Å². The standard InChI is InChI=1S/C8H10BrNO3S2/c1-6(11)4-5-10-15(12,13)8-3-2-7(9)14-8/h2-3,10H,4-5H2,1H3. The zero-order chi connectivity index (χ0) is 11.5. The highest BCUT2D eigenvalue weighted by Gasteiger charge is 2.15. The number of hydrogen-bond acceptors (Lipinski definition) is 4. The van der Waals surface area contributed by atoms with E-state index in [4.69, 9.17) is 0 Å². The van der Waals surface area contributed by atoms with Gasteiger partial charge in [0.2, 0.25) is 10.0 Å². The quantitative estimate of drug-likeness (QED) is 0.901. The lowest BCUT2D eigenvalue weighted by Crippen LogP contribution is -2.25. The fourth-order valence-electron chi connectivity index (χ4n) is 0.875. The lowest BCUT2D eigenvalue weighted by atomic mass is 10.3. The molecule has 0 atom stereocenters. The van der Waals surface area contributed by atoms with Crippen LogP contribution in [0.25, 0.3) is 0 Å². The van der Waals surface area contributed by atoms with Gasteiger partial charge < -0.3 is 0 Å². The number of sulfonamides is 1. The first kappa shape index (κ1) is 12.8. The molecule has 1 aromatic heterocycles. The summed E-state index contributed by atoms with van der Waals surface area (Å²) in [7, 11) is -3.45. The smallest absolute Gasteiger partial charge is 0.250 e. The zero-order valence-electron chi connectivity index (χ0n) is 7.99. The van der Waals surface area contributed by atoms with E-state index in [1.165, 1.54) is 13.0 Å². The van der Waals surface area contributed by atoms with Crippen molar-refractivity contribution in [2.75, 3.05) is 6.54 Å². The minimum absolute atomic E-state index is 0.0370. The van der Waals surface area contributed by atoms with E-state index in [0.717, 1.165) is 15.1 Å². The Labute approximate surface area is 101 Å². The second-order valence-electron chi connectivity index (χ2n) is 2.91. The number of thiophene rings is 1. The van der Waals surface area contributed by atoms with Gasteiger partial charge in [0, 0.05) is 13.0 Å². The van der Waals surface area contributed by atoms with Crippen molar-refractivity contribution in [1.82, 2.24) is 4.72 Å². The largest absolute Gasteiger partial charge is 0.300 e. The molecular formula is C8H10BrNO3S2. The van der Waals surface area contributed by atoms with Gasteiger partial charge in [-0.1, -0.05) is 0 Å². The maximum Gasteiger partial charge on any atom is 0.250 e. The highest BCUT2D eigenvalue weighted by atomic mass is 79.9. The summed E-state index contributed by atoms with van der Waals surface area (Å²) >= 11 is 4.32. The van der Waals surface area contributed by atoms with Crippen LogP contribution in [0.3, 0.4) is 0 Å². The van der Waals surface area contributed by atoms with Crippen molar-refractivity contribution < 1.29 is 13.2 Å². The van der Waals surface area contributed by atoms with Gasteiger partial charge >= 0.3 is 0 Å². The zero-order valence-corrected chi connectivity index (χ0v) is 11.2. The normalized spacial score (nSPS) is 11.6. The second kappa shape index (κ2) is 5.20. The molecule has 15 heavy (non-hydrogen) atoms. The first-order valence-electron chi connectivity index (χ1n) is 4.16. The van der Waals surface area contributed by atoms with E-state index in [-0.39, 0.29) is 23.0 Å². The first-order valence-corrected chi connectivity index (χ1v) is 7.25. The molecule has 1 N–H and O–H groups in total. The van der Waals surface area contributed by atoms with Gasteiger partial charge in [0.25, 0.3) is 0 Å². The Balaban J connectivity index is 2.64. The summed E-state index contributed by atoms with van der Waals surface area (Å²) in [6.45, 7) is 1.57. The van der Waals surface area contributed by atoms with E-state index < -0.39 is 10.0 Å². The minimum Gasteiger partial charge on any atom is -0.300 e. The number of rotatable bonds is 5. The van der Waals surface area contributed by atoms with Gasteiger partial charge in [-0.2, -0.15) is 0 Å². The minimum atomic E-state index is -3.45. The summed E-state index contributed by atoms with van der Waals surface area (Å²) in [4.78, 5) is 10.6. The molecule has 1 heterocycles. The Morgan fingerprint density at radius 1 is 1.53 bits per heavy atom. The van der Waals surface area contributed by atoms with Crippen LogP contribution in [0, 0.1) is 0 Å². The van der Waals surface area contributed by atoms with Crippen LogP contribution in [-0.4, -0.2) is 20.7 Å². The average molecular weight is 312 g/mol. The van der Waals surface area contributed by atoms with Crippen molar-refractivity contribution >= 4 is 43.1 Å². The molecule has 7 heteroatoms. The molecule has 0 saturated heterocycles. The number of carbonyl (C=O) groups excluding carboxylic acids is 1. The molecule has 0 aliphatic rings. The second-order valence-corrected chi connectivity index (χ2v) is 7.37. The van der Waals surface area contributed by atoms with Gasteiger partial charge in [0.05, 0.1) is 3.79 Å². The highest BCUT2D eigenvalue weighted by molar-refractivity contribution is 9.11. The molecule has 0 saturated carbocycles. The SMILES string of the molecule is CC(=O)CCNS(=O)(=O)c1ccc(Br)s1. The summed E-state index contributed by atoms with van der Waals surface area (Å²) < 4.78 is 26.6. The third-order valence-electron chi connectivity index (χ3n) is 1.58. The Hall–Kier alpha value is -0.240. The number of hydrogen-bond donors (Lipinski definition) is 1. The van der Waals surface area contributed by atoms with Crippen LogP contribution in [0.2, 0.25) is 0 Å². The molecule has 0 bridgehead atoms. The van der Waals surface area contributed by atoms with Gasteiger partial charge in [-0.25, -0.2) is 13.1 Å². The highest BCUT2D eigenvalue weighted by Crippen LogP contribution is 2.25. The van der Waals surface area contributed by atoms with Crippen LogP contribution in [0.1, 0.15) is 13.3 Å². The maximum absolute atomic E-state index is 11.6. The lowest BCUT2D eigenvalue weighted by molar-refractivity contribution is -0.116. The third kappa shape index (κ3) is 4.02. The summed E-state index contributed by atoms with van der Waals surface area (Å²) in [5.74, 6) is -0.0370. The lowest BCUT2D eigenvalue weighted by Gasteiger charge is -2.02. The third-order valence-corrected chi connectivity index (χ3v) is 5.16. The number of ketones is 1. The van der Waals surface area contributed by atoms with Crippen LogP contribution >= 0.6 is 27.3 Å². The van der Waals surface area contributed by atoms with E-state index in [1.54, 1.807) is 6.07 Å². The number of halogens is 1. The van der Waals surface area contributed by atoms with Gasteiger partial charge in [-0.15, -0.1) is 11.3 Å². The van der Waals surface area contributed by atoms with E-state index in [9.17, 15) is 13.2 Å². The molecule has 0 aromatic carbocycles. The maximum atomic E-state index is 11.6. The molecule has 0 aliphatic carbocycles. The molecule has 0 radical (unpaired) electrons. The molecule has 1 rings (SSSR count). The fraction of sp³-hybridized carbons (Fsp3) is 0.375. The summed E-state index contributed by atoms with van der Waals surface area (Å²) in [6.07, 6.45) is 0.214. The molecule has 0 amide bonds. The van der Waals surface area contributed by atoms with Crippen molar-refractivity contribution in [3.05, 3.63) is 15.9 Å². The number of nitrogens with one attached hydrogen (secondary N) is 1. The van der Waals surface area contributed by atoms with E-state index in [2.05, 4.69) is 20.7 Å². The molecule has 1 aromatic rings. The van der Waals surface area contributed by atoms with Gasteiger partial charge in [0.15, 0.2) is 0 Å². The summed E-state index contributed by atoms with van der Waals surface area (Å²) in [5, 5.41) is 0. The van der Waals surface area contributed by atoms with Crippen molar-refractivity contribution in [3.63, 3.8) is 0 Å². The number of Topliss-reactive ketones (excluding diaryl/α,β-unsaturated/α-hetero) is 1. The van der Waals surface area contributed by atoms with Crippen molar-refractivity contribution in [2.45, 2.75) is 17.6 Å². The van der Waals surface area contributed by atoms with Crippen LogP contribution in [0.5, 0.6) is 0 Å². The van der Waals surface area contributed by atoms with Crippen molar-refractivity contribution in [1.29, 1.82) is 0 Å². The topological polar surface area (TPSA) is 63.2 Å². The monoisotopic (exact) mass is 311 g/mol. The average Bonchev–Trinajstić information content (AvgIpc) is 2.51. The number of carbonyl (C=O) groups is 1. The van der Waals surface area contributed by atoms with Crippen LogP contribution < -0.4 is 4.72 Å². The molecule has 0 fully saturated rings. The van der Waals surface area contributed by atoms with Crippen molar-refractivity contribution in [2.24, 2.45) is 0 Å². The Kier molecular flexibility index (Phi) is 4.45. The molecule has 0 spiro atoms. The molecule has 4 nitrogen and oxygen atoms in total. The van der Waals surface area contributed by atoms with Crippen LogP contribution in [0.4, 0.5) is 0 Å². The molecule has 0 aliphatic heterocycles. The van der Waals surface area contributed by atoms with E-state index >= 15 is 0 Å². The summed E-state index contributed by atoms with van der Waals surface area (Å²) in [6, 6.07) is 3.19. The van der Waals surface area contributed by atoms with Crippen LogP contribution in [0.15, 0.2) is 20.1 Å². The predicted octanol–water partition coefficient (Wildman–Crippen LogP) is 1.77. The Morgan fingerprint density at radius 3 is 2.67 bits per heavy atom. The van der Waals surface area contributed by atoms with Gasteiger partial charge in [-0.3, -0.25) is 4.79 Å². The Bertz CT molecular complexity index is 452. The van der Waals surface area contributed by atoms with E-state index in [0.29, 0.717) is 0 Å². The molecule has 84 valence electrons. The van der Waals surface area contributed by atoms with E-state index in [1.807, 2.05) is 0 Å². The summed E-state index contributed by atoms with van der Waals surface area (Å²) in [5.41, 5.74) is 0.